The second kappa shape index (κ2) is 7.50. The van der Waals surface area contributed by atoms with Crippen LogP contribution in [0.5, 0.6) is 17.2 Å². The number of benzene rings is 2. The molecule has 0 unspecified atom stereocenters. The van der Waals surface area contributed by atoms with Gasteiger partial charge in [0.2, 0.25) is 0 Å². The standard InChI is InChI=1S/C18H20N2O4/c1-11-6-5-7-13(8-11)18(22)20-19-12(2)17-15(21)9-14(23-3)10-16(17)24-4/h5-10,21H,1-4H3,(H,20,22)/b19-12+. The van der Waals surface area contributed by atoms with E-state index in [1.807, 2.05) is 13.0 Å². The molecule has 0 heterocycles. The molecule has 0 atom stereocenters. The molecule has 0 aliphatic rings. The normalized spacial score (nSPS) is 11.1. The number of phenolic OH excluding ortho intramolecular Hbond substituents is 1. The smallest absolute Gasteiger partial charge is 0.271 e. The monoisotopic (exact) mass is 328 g/mol. The molecular formula is C18H20N2O4. The average molecular weight is 328 g/mol. The van der Waals surface area contributed by atoms with Crippen molar-refractivity contribution in [2.45, 2.75) is 13.8 Å². The third-order valence-corrected chi connectivity index (χ3v) is 3.48. The van der Waals surface area contributed by atoms with Crippen molar-refractivity contribution in [2.24, 2.45) is 5.10 Å². The molecule has 0 aliphatic heterocycles. The minimum Gasteiger partial charge on any atom is -0.507 e. The van der Waals surface area contributed by atoms with Crippen LogP contribution in [0.2, 0.25) is 0 Å². The summed E-state index contributed by atoms with van der Waals surface area (Å²) in [6, 6.07) is 10.3. The number of methoxy groups -OCH3 is 2. The van der Waals surface area contributed by atoms with Crippen molar-refractivity contribution in [1.29, 1.82) is 0 Å². The van der Waals surface area contributed by atoms with E-state index in [4.69, 9.17) is 9.47 Å². The van der Waals surface area contributed by atoms with Gasteiger partial charge in [0.1, 0.15) is 17.2 Å². The second-order valence-corrected chi connectivity index (χ2v) is 5.23. The Morgan fingerprint density at radius 2 is 1.92 bits per heavy atom. The predicted molar refractivity (Wildman–Crippen MR) is 92.1 cm³/mol. The van der Waals surface area contributed by atoms with Gasteiger partial charge in [0.25, 0.3) is 5.91 Å². The lowest BCUT2D eigenvalue weighted by Gasteiger charge is -2.12. The van der Waals surface area contributed by atoms with Gasteiger partial charge in [-0.05, 0) is 26.0 Å². The molecule has 6 heteroatoms. The van der Waals surface area contributed by atoms with Crippen LogP contribution in [0.4, 0.5) is 0 Å². The Balaban J connectivity index is 2.26. The molecule has 2 aromatic rings. The van der Waals surface area contributed by atoms with E-state index >= 15 is 0 Å². The fraction of sp³-hybridized carbons (Fsp3) is 0.222. The maximum absolute atomic E-state index is 12.1. The molecule has 0 aliphatic carbocycles. The van der Waals surface area contributed by atoms with Crippen LogP contribution < -0.4 is 14.9 Å². The van der Waals surface area contributed by atoms with Crippen molar-refractivity contribution < 1.29 is 19.4 Å². The zero-order chi connectivity index (χ0) is 17.7. The van der Waals surface area contributed by atoms with E-state index in [2.05, 4.69) is 10.5 Å². The Hall–Kier alpha value is -3.02. The number of carbonyl (C=O) groups excluding carboxylic acids is 1. The Morgan fingerprint density at radius 3 is 2.54 bits per heavy atom. The van der Waals surface area contributed by atoms with Crippen LogP contribution >= 0.6 is 0 Å². The molecule has 126 valence electrons. The lowest BCUT2D eigenvalue weighted by molar-refractivity contribution is 0.0954. The van der Waals surface area contributed by atoms with Crippen molar-refractivity contribution in [1.82, 2.24) is 5.43 Å². The van der Waals surface area contributed by atoms with Gasteiger partial charge in [0.15, 0.2) is 0 Å². The predicted octanol–water partition coefficient (Wildman–Crippen LogP) is 2.87. The fourth-order valence-corrected chi connectivity index (χ4v) is 2.26. The molecule has 1 amide bonds. The van der Waals surface area contributed by atoms with Crippen LogP contribution in [-0.2, 0) is 0 Å². The van der Waals surface area contributed by atoms with Gasteiger partial charge in [-0.15, -0.1) is 0 Å². The van der Waals surface area contributed by atoms with Gasteiger partial charge in [-0.2, -0.15) is 5.10 Å². The largest absolute Gasteiger partial charge is 0.507 e. The van der Waals surface area contributed by atoms with Gasteiger partial charge < -0.3 is 14.6 Å². The lowest BCUT2D eigenvalue weighted by atomic mass is 10.1. The van der Waals surface area contributed by atoms with Crippen LogP contribution in [0.15, 0.2) is 41.5 Å². The fourth-order valence-electron chi connectivity index (χ4n) is 2.26. The summed E-state index contributed by atoms with van der Waals surface area (Å²) in [5.41, 5.74) is 4.78. The molecule has 0 saturated carbocycles. The van der Waals surface area contributed by atoms with Crippen LogP contribution in [-0.4, -0.2) is 30.9 Å². The molecule has 0 spiro atoms. The van der Waals surface area contributed by atoms with Crippen LogP contribution in [0.1, 0.15) is 28.4 Å². The van der Waals surface area contributed by atoms with Crippen molar-refractivity contribution >= 4 is 11.6 Å². The molecule has 0 bridgehead atoms. The summed E-state index contributed by atoms with van der Waals surface area (Å²) in [6.45, 7) is 3.58. The number of hydrogen-bond acceptors (Lipinski definition) is 5. The Bertz CT molecular complexity index is 785. The van der Waals surface area contributed by atoms with Gasteiger partial charge in [-0.25, -0.2) is 5.43 Å². The summed E-state index contributed by atoms with van der Waals surface area (Å²) in [7, 11) is 2.98. The number of carbonyl (C=O) groups is 1. The summed E-state index contributed by atoms with van der Waals surface area (Å²) in [5.74, 6) is 0.491. The summed E-state index contributed by atoms with van der Waals surface area (Å²) < 4.78 is 10.4. The number of amides is 1. The zero-order valence-electron chi connectivity index (χ0n) is 14.1. The van der Waals surface area contributed by atoms with E-state index in [0.29, 0.717) is 28.3 Å². The second-order valence-electron chi connectivity index (χ2n) is 5.23. The molecule has 0 aromatic heterocycles. The molecule has 24 heavy (non-hydrogen) atoms. The van der Waals surface area contributed by atoms with E-state index in [9.17, 15) is 9.90 Å². The number of aromatic hydroxyl groups is 1. The summed E-state index contributed by atoms with van der Waals surface area (Å²) in [4.78, 5) is 12.1. The number of nitrogens with one attached hydrogen (secondary N) is 1. The minimum absolute atomic E-state index is 0.0442. The van der Waals surface area contributed by atoms with Gasteiger partial charge in [0, 0.05) is 17.7 Å². The third kappa shape index (κ3) is 3.84. The molecule has 2 rings (SSSR count). The quantitative estimate of drug-likeness (QED) is 0.653. The summed E-state index contributed by atoms with van der Waals surface area (Å²) in [6.07, 6.45) is 0. The first-order valence-electron chi connectivity index (χ1n) is 7.33. The van der Waals surface area contributed by atoms with Gasteiger partial charge in [-0.1, -0.05) is 17.7 Å². The Labute approximate surface area is 140 Å². The maximum atomic E-state index is 12.1. The summed E-state index contributed by atoms with van der Waals surface area (Å²) >= 11 is 0. The molecule has 6 nitrogen and oxygen atoms in total. The van der Waals surface area contributed by atoms with Crippen molar-refractivity contribution in [3.8, 4) is 17.2 Å². The van der Waals surface area contributed by atoms with E-state index < -0.39 is 0 Å². The highest BCUT2D eigenvalue weighted by atomic mass is 16.5. The first-order chi connectivity index (χ1) is 11.5. The van der Waals surface area contributed by atoms with E-state index in [0.717, 1.165) is 5.56 Å². The number of ether oxygens (including phenoxy) is 2. The first kappa shape index (κ1) is 17.3. The van der Waals surface area contributed by atoms with Gasteiger partial charge in [0.05, 0.1) is 25.5 Å². The summed E-state index contributed by atoms with van der Waals surface area (Å²) in [5, 5.41) is 14.2. The van der Waals surface area contributed by atoms with Crippen LogP contribution in [0.3, 0.4) is 0 Å². The Kier molecular flexibility index (Phi) is 5.42. The Morgan fingerprint density at radius 1 is 1.17 bits per heavy atom. The number of aryl methyl sites for hydroxylation is 1. The highest BCUT2D eigenvalue weighted by Gasteiger charge is 2.15. The average Bonchev–Trinajstić information content (AvgIpc) is 2.58. The topological polar surface area (TPSA) is 80.2 Å². The number of rotatable bonds is 5. The van der Waals surface area contributed by atoms with Crippen LogP contribution in [0, 0.1) is 6.92 Å². The molecular weight excluding hydrogens is 308 g/mol. The zero-order valence-corrected chi connectivity index (χ0v) is 14.1. The molecule has 0 radical (unpaired) electrons. The van der Waals surface area contributed by atoms with E-state index in [-0.39, 0.29) is 11.7 Å². The lowest BCUT2D eigenvalue weighted by Crippen LogP contribution is -2.19. The first-order valence-corrected chi connectivity index (χ1v) is 7.33. The molecule has 0 saturated heterocycles. The molecule has 0 fully saturated rings. The van der Waals surface area contributed by atoms with E-state index in [1.165, 1.54) is 20.3 Å². The van der Waals surface area contributed by atoms with Crippen molar-refractivity contribution in [3.05, 3.63) is 53.1 Å². The SMILES string of the molecule is COc1cc(O)c(/C(C)=N/NC(=O)c2cccc(C)c2)c(OC)c1. The number of nitrogens with zero attached hydrogens (tertiary/aromatic N) is 1. The number of hydrazone groups is 1. The van der Waals surface area contributed by atoms with Gasteiger partial charge in [-0.3, -0.25) is 4.79 Å². The molecule has 2 aromatic carbocycles. The maximum Gasteiger partial charge on any atom is 0.271 e. The minimum atomic E-state index is -0.329. The van der Waals surface area contributed by atoms with Crippen molar-refractivity contribution in [2.75, 3.05) is 14.2 Å². The van der Waals surface area contributed by atoms with E-state index in [1.54, 1.807) is 31.2 Å². The highest BCUT2D eigenvalue weighted by Crippen LogP contribution is 2.33. The van der Waals surface area contributed by atoms with Crippen LogP contribution in [0.25, 0.3) is 0 Å². The third-order valence-electron chi connectivity index (χ3n) is 3.48. The van der Waals surface area contributed by atoms with Gasteiger partial charge >= 0.3 is 0 Å². The number of hydrogen-bond donors (Lipinski definition) is 2. The number of phenols is 1. The van der Waals surface area contributed by atoms with Crippen molar-refractivity contribution in [3.63, 3.8) is 0 Å². The molecule has 2 N–H and O–H groups in total. The highest BCUT2D eigenvalue weighted by molar-refractivity contribution is 6.05.